The van der Waals surface area contributed by atoms with Crippen LogP contribution in [0.15, 0.2) is 60.7 Å². The van der Waals surface area contributed by atoms with E-state index in [1.54, 1.807) is 0 Å². The third-order valence-corrected chi connectivity index (χ3v) is 5.50. The molecular formula is C23H32N2. The molecule has 1 heterocycles. The first-order chi connectivity index (χ1) is 12.2. The van der Waals surface area contributed by atoms with E-state index in [0.29, 0.717) is 12.1 Å². The Hall–Kier alpha value is -1.64. The lowest BCUT2D eigenvalue weighted by atomic mass is 9.90. The van der Waals surface area contributed by atoms with Gasteiger partial charge < -0.3 is 0 Å². The number of aryl methyl sites for hydroxylation is 2. The molecule has 134 valence electrons. The molecule has 0 amide bonds. The Morgan fingerprint density at radius 3 is 1.60 bits per heavy atom. The molecule has 0 N–H and O–H groups in total. The minimum Gasteiger partial charge on any atom is -0.247 e. The molecule has 0 aliphatic carbocycles. The summed E-state index contributed by atoms with van der Waals surface area (Å²) in [4.78, 5) is 0. The van der Waals surface area contributed by atoms with Crippen molar-refractivity contribution in [2.45, 2.75) is 57.0 Å². The molecule has 25 heavy (non-hydrogen) atoms. The zero-order valence-corrected chi connectivity index (χ0v) is 15.8. The molecule has 2 heteroatoms. The molecular weight excluding hydrogens is 304 g/mol. The molecule has 0 aromatic heterocycles. The van der Waals surface area contributed by atoms with Crippen LogP contribution in [0.25, 0.3) is 0 Å². The first-order valence-electron chi connectivity index (χ1n) is 9.77. The zero-order chi connectivity index (χ0) is 17.5. The Balaban J connectivity index is 1.60. The van der Waals surface area contributed by atoms with E-state index in [0.717, 1.165) is 0 Å². The summed E-state index contributed by atoms with van der Waals surface area (Å²) in [5.41, 5.74) is 2.93. The van der Waals surface area contributed by atoms with Crippen molar-refractivity contribution < 1.29 is 0 Å². The number of benzene rings is 2. The predicted octanol–water partition coefficient (Wildman–Crippen LogP) is 4.95. The van der Waals surface area contributed by atoms with Crippen LogP contribution in [-0.2, 0) is 12.8 Å². The van der Waals surface area contributed by atoms with Crippen molar-refractivity contribution in [2.75, 3.05) is 14.1 Å². The summed E-state index contributed by atoms with van der Waals surface area (Å²) in [6, 6.07) is 23.2. The maximum atomic E-state index is 2.68. The summed E-state index contributed by atoms with van der Waals surface area (Å²) in [6.07, 6.45) is 8.89. The molecule has 0 spiro atoms. The Bertz CT molecular complexity index is 557. The Morgan fingerprint density at radius 2 is 1.20 bits per heavy atom. The van der Waals surface area contributed by atoms with Crippen molar-refractivity contribution >= 4 is 0 Å². The van der Waals surface area contributed by atoms with Gasteiger partial charge in [0.05, 0.1) is 0 Å². The Morgan fingerprint density at radius 1 is 0.760 bits per heavy atom. The number of hydrogen-bond donors (Lipinski definition) is 0. The fraction of sp³-hybridized carbons (Fsp3) is 0.478. The van der Waals surface area contributed by atoms with Gasteiger partial charge in [-0.1, -0.05) is 67.1 Å². The topological polar surface area (TPSA) is 6.48 Å². The fourth-order valence-electron chi connectivity index (χ4n) is 4.31. The van der Waals surface area contributed by atoms with Crippen LogP contribution in [-0.4, -0.2) is 36.2 Å². The highest BCUT2D eigenvalue weighted by molar-refractivity contribution is 5.16. The van der Waals surface area contributed by atoms with Gasteiger partial charge in [0, 0.05) is 26.2 Å². The second kappa shape index (κ2) is 9.17. The summed E-state index contributed by atoms with van der Waals surface area (Å²) >= 11 is 0. The van der Waals surface area contributed by atoms with Gasteiger partial charge in [0.15, 0.2) is 0 Å². The van der Waals surface area contributed by atoms with E-state index >= 15 is 0 Å². The summed E-state index contributed by atoms with van der Waals surface area (Å²) in [6.45, 7) is 0. The molecule has 2 aromatic carbocycles. The van der Waals surface area contributed by atoms with Gasteiger partial charge in [0.1, 0.15) is 0 Å². The van der Waals surface area contributed by atoms with Gasteiger partial charge in [-0.15, -0.1) is 0 Å². The van der Waals surface area contributed by atoms with E-state index in [4.69, 9.17) is 0 Å². The summed E-state index contributed by atoms with van der Waals surface area (Å²) in [5.74, 6) is 0. The predicted molar refractivity (Wildman–Crippen MR) is 106 cm³/mol. The van der Waals surface area contributed by atoms with Crippen LogP contribution in [0.1, 0.15) is 43.2 Å². The SMILES string of the molecule is CN(C)N1[C@@H](CCc2ccccc2)CCC[C@H]1CCc1ccccc1. The Labute approximate surface area is 153 Å². The molecule has 2 nitrogen and oxygen atoms in total. The average Bonchev–Trinajstić information content (AvgIpc) is 2.66. The maximum Gasteiger partial charge on any atom is 0.0252 e. The van der Waals surface area contributed by atoms with E-state index in [2.05, 4.69) is 84.8 Å². The van der Waals surface area contributed by atoms with E-state index in [9.17, 15) is 0 Å². The normalized spacial score (nSPS) is 21.6. The molecule has 1 aliphatic rings. The van der Waals surface area contributed by atoms with Crippen molar-refractivity contribution in [1.82, 2.24) is 10.0 Å². The fourth-order valence-corrected chi connectivity index (χ4v) is 4.31. The second-order valence-corrected chi connectivity index (χ2v) is 7.51. The number of nitrogens with zero attached hydrogens (tertiary/aromatic N) is 2. The van der Waals surface area contributed by atoms with Gasteiger partial charge in [0.25, 0.3) is 0 Å². The van der Waals surface area contributed by atoms with Crippen LogP contribution in [0.4, 0.5) is 0 Å². The molecule has 1 saturated heterocycles. The molecule has 0 unspecified atom stereocenters. The third-order valence-electron chi connectivity index (χ3n) is 5.50. The maximum absolute atomic E-state index is 2.68. The number of piperidine rings is 1. The lowest BCUT2D eigenvalue weighted by molar-refractivity contribution is -0.0865. The van der Waals surface area contributed by atoms with E-state index in [1.165, 1.54) is 56.1 Å². The quantitative estimate of drug-likeness (QED) is 0.706. The van der Waals surface area contributed by atoms with Gasteiger partial charge in [-0.05, 0) is 49.7 Å². The van der Waals surface area contributed by atoms with Crippen LogP contribution in [0.2, 0.25) is 0 Å². The molecule has 2 aromatic rings. The first-order valence-corrected chi connectivity index (χ1v) is 9.77. The number of hydrogen-bond acceptors (Lipinski definition) is 2. The summed E-state index contributed by atoms with van der Waals surface area (Å²) in [5, 5.41) is 5.03. The minimum atomic E-state index is 0.671. The summed E-state index contributed by atoms with van der Waals surface area (Å²) < 4.78 is 0. The first kappa shape index (κ1) is 18.2. The molecule has 2 atom stereocenters. The van der Waals surface area contributed by atoms with Crippen LogP contribution in [0.5, 0.6) is 0 Å². The highest BCUT2D eigenvalue weighted by Gasteiger charge is 2.31. The van der Waals surface area contributed by atoms with Crippen LogP contribution in [0, 0.1) is 0 Å². The Kier molecular flexibility index (Phi) is 6.66. The number of rotatable bonds is 7. The van der Waals surface area contributed by atoms with Crippen molar-refractivity contribution in [1.29, 1.82) is 0 Å². The highest BCUT2D eigenvalue weighted by Crippen LogP contribution is 2.29. The second-order valence-electron chi connectivity index (χ2n) is 7.51. The molecule has 0 radical (unpaired) electrons. The third kappa shape index (κ3) is 5.17. The van der Waals surface area contributed by atoms with Gasteiger partial charge in [-0.2, -0.15) is 0 Å². The summed E-state index contributed by atoms with van der Waals surface area (Å²) in [7, 11) is 4.44. The highest BCUT2D eigenvalue weighted by atomic mass is 15.6. The van der Waals surface area contributed by atoms with Gasteiger partial charge in [-0.3, -0.25) is 0 Å². The monoisotopic (exact) mass is 336 g/mol. The van der Waals surface area contributed by atoms with Crippen LogP contribution >= 0.6 is 0 Å². The van der Waals surface area contributed by atoms with E-state index < -0.39 is 0 Å². The molecule has 0 bridgehead atoms. The van der Waals surface area contributed by atoms with E-state index in [-0.39, 0.29) is 0 Å². The molecule has 0 saturated carbocycles. The minimum absolute atomic E-state index is 0.671. The molecule has 3 rings (SSSR count). The zero-order valence-electron chi connectivity index (χ0n) is 15.8. The molecule has 1 fully saturated rings. The van der Waals surface area contributed by atoms with Crippen molar-refractivity contribution in [2.24, 2.45) is 0 Å². The molecule has 1 aliphatic heterocycles. The van der Waals surface area contributed by atoms with Gasteiger partial charge in [-0.25, -0.2) is 10.0 Å². The smallest absolute Gasteiger partial charge is 0.0252 e. The van der Waals surface area contributed by atoms with Crippen molar-refractivity contribution in [3.8, 4) is 0 Å². The van der Waals surface area contributed by atoms with Crippen molar-refractivity contribution in [3.63, 3.8) is 0 Å². The lowest BCUT2D eigenvalue weighted by Gasteiger charge is -2.46. The van der Waals surface area contributed by atoms with E-state index in [1.807, 2.05) is 0 Å². The van der Waals surface area contributed by atoms with Crippen LogP contribution in [0.3, 0.4) is 0 Å². The standard InChI is InChI=1S/C23H32N2/c1-24(2)25-22(18-16-20-10-5-3-6-11-20)14-9-15-23(25)19-17-21-12-7-4-8-13-21/h3-8,10-13,22-23H,9,14-19H2,1-2H3/t22-,23+. The lowest BCUT2D eigenvalue weighted by Crippen LogP contribution is -2.53. The number of hydrazine groups is 1. The van der Waals surface area contributed by atoms with Gasteiger partial charge >= 0.3 is 0 Å². The van der Waals surface area contributed by atoms with Crippen molar-refractivity contribution in [3.05, 3.63) is 71.8 Å². The van der Waals surface area contributed by atoms with Gasteiger partial charge in [0.2, 0.25) is 0 Å². The average molecular weight is 337 g/mol. The van der Waals surface area contributed by atoms with Crippen LogP contribution < -0.4 is 0 Å². The largest absolute Gasteiger partial charge is 0.247 e.